The van der Waals surface area contributed by atoms with E-state index in [1.165, 1.54) is 11.8 Å². The Morgan fingerprint density at radius 2 is 2.08 bits per heavy atom. The van der Waals surface area contributed by atoms with Crippen molar-refractivity contribution in [3.8, 4) is 0 Å². The monoisotopic (exact) mass is 326 g/mol. The highest BCUT2D eigenvalue weighted by molar-refractivity contribution is 5.95. The van der Waals surface area contributed by atoms with Gasteiger partial charge in [0.2, 0.25) is 5.91 Å². The van der Waals surface area contributed by atoms with Crippen LogP contribution in [0.15, 0.2) is 47.1 Å². The van der Waals surface area contributed by atoms with Crippen LogP contribution in [0.25, 0.3) is 0 Å². The lowest BCUT2D eigenvalue weighted by Gasteiger charge is -2.17. The van der Waals surface area contributed by atoms with Gasteiger partial charge in [-0.2, -0.15) is 0 Å². The van der Waals surface area contributed by atoms with E-state index in [4.69, 9.17) is 4.42 Å². The first-order chi connectivity index (χ1) is 11.6. The maximum Gasteiger partial charge on any atom is 0.255 e. The van der Waals surface area contributed by atoms with Crippen LogP contribution in [0.4, 0.5) is 0 Å². The summed E-state index contributed by atoms with van der Waals surface area (Å²) in [6.45, 7) is 3.06. The molecule has 1 aromatic heterocycles. The highest BCUT2D eigenvalue weighted by atomic mass is 16.3. The number of hydrogen-bond donors (Lipinski definition) is 1. The highest BCUT2D eigenvalue weighted by Crippen LogP contribution is 2.15. The van der Waals surface area contributed by atoms with Crippen molar-refractivity contribution >= 4 is 11.8 Å². The van der Waals surface area contributed by atoms with Gasteiger partial charge in [-0.05, 0) is 31.4 Å². The lowest BCUT2D eigenvalue weighted by molar-refractivity contribution is -0.127. The second-order valence-corrected chi connectivity index (χ2v) is 6.19. The number of rotatable bonds is 6. The van der Waals surface area contributed by atoms with Crippen LogP contribution < -0.4 is 5.32 Å². The van der Waals surface area contributed by atoms with Crippen molar-refractivity contribution < 1.29 is 14.0 Å². The molecule has 1 aromatic carbocycles. The van der Waals surface area contributed by atoms with E-state index in [1.807, 2.05) is 23.1 Å². The van der Waals surface area contributed by atoms with Crippen LogP contribution in [0.2, 0.25) is 0 Å². The summed E-state index contributed by atoms with van der Waals surface area (Å²) in [6, 6.07) is 11.8. The minimum Gasteiger partial charge on any atom is -0.469 e. The zero-order valence-corrected chi connectivity index (χ0v) is 13.8. The average molecular weight is 326 g/mol. The third-order valence-corrected chi connectivity index (χ3v) is 4.39. The molecule has 2 amide bonds. The SMILES string of the molecule is Cc1occc1C(=O)N[C@@H]1CC(=O)N(CCCc2ccccc2)C1. The Morgan fingerprint density at radius 3 is 2.79 bits per heavy atom. The van der Waals surface area contributed by atoms with E-state index in [2.05, 4.69) is 17.4 Å². The Morgan fingerprint density at radius 1 is 1.29 bits per heavy atom. The van der Waals surface area contributed by atoms with E-state index in [1.54, 1.807) is 13.0 Å². The second-order valence-electron chi connectivity index (χ2n) is 6.19. The molecule has 0 aliphatic carbocycles. The molecule has 3 rings (SSSR count). The lowest BCUT2D eigenvalue weighted by atomic mass is 10.1. The maximum absolute atomic E-state index is 12.2. The summed E-state index contributed by atoms with van der Waals surface area (Å²) in [4.78, 5) is 26.2. The van der Waals surface area contributed by atoms with Crippen LogP contribution in [-0.2, 0) is 11.2 Å². The lowest BCUT2D eigenvalue weighted by Crippen LogP contribution is -2.37. The molecule has 126 valence electrons. The number of hydrogen-bond acceptors (Lipinski definition) is 3. The third kappa shape index (κ3) is 3.85. The average Bonchev–Trinajstić information content (AvgIpc) is 3.14. The summed E-state index contributed by atoms with van der Waals surface area (Å²) in [5.41, 5.74) is 1.81. The molecule has 1 fully saturated rings. The van der Waals surface area contributed by atoms with Crippen LogP contribution >= 0.6 is 0 Å². The topological polar surface area (TPSA) is 62.6 Å². The van der Waals surface area contributed by atoms with Gasteiger partial charge in [-0.25, -0.2) is 0 Å². The summed E-state index contributed by atoms with van der Waals surface area (Å²) in [7, 11) is 0. The summed E-state index contributed by atoms with van der Waals surface area (Å²) >= 11 is 0. The fraction of sp³-hybridized carbons (Fsp3) is 0.368. The number of nitrogens with zero attached hydrogens (tertiary/aromatic N) is 1. The molecule has 24 heavy (non-hydrogen) atoms. The summed E-state index contributed by atoms with van der Waals surface area (Å²) in [5, 5.41) is 2.93. The molecule has 2 aromatic rings. The standard InChI is InChI=1S/C19H22N2O3/c1-14-17(9-11-24-14)19(23)20-16-12-18(22)21(13-16)10-5-8-15-6-3-2-4-7-15/h2-4,6-7,9,11,16H,5,8,10,12-13H2,1H3,(H,20,23)/t16-/m1/s1. The van der Waals surface area contributed by atoms with E-state index < -0.39 is 0 Å². The number of likely N-dealkylation sites (tertiary alicyclic amines) is 1. The first kappa shape index (κ1) is 16.3. The molecule has 1 saturated heterocycles. The predicted octanol–water partition coefficient (Wildman–Crippen LogP) is 2.55. The van der Waals surface area contributed by atoms with Crippen molar-refractivity contribution in [3.63, 3.8) is 0 Å². The van der Waals surface area contributed by atoms with Gasteiger partial charge in [0.25, 0.3) is 5.91 Å². The fourth-order valence-electron chi connectivity index (χ4n) is 3.09. The number of nitrogens with one attached hydrogen (secondary N) is 1. The largest absolute Gasteiger partial charge is 0.469 e. The van der Waals surface area contributed by atoms with Crippen LogP contribution in [0.5, 0.6) is 0 Å². The Kier molecular flexibility index (Phi) is 4.99. The third-order valence-electron chi connectivity index (χ3n) is 4.39. The van der Waals surface area contributed by atoms with E-state index in [0.717, 1.165) is 19.4 Å². The molecule has 1 atom stereocenters. The summed E-state index contributed by atoms with van der Waals surface area (Å²) < 4.78 is 5.15. The van der Waals surface area contributed by atoms with Gasteiger partial charge < -0.3 is 14.6 Å². The molecular formula is C19H22N2O3. The van der Waals surface area contributed by atoms with Crippen molar-refractivity contribution in [2.24, 2.45) is 0 Å². The fourth-order valence-corrected chi connectivity index (χ4v) is 3.09. The molecule has 0 unspecified atom stereocenters. The number of carbonyl (C=O) groups excluding carboxylic acids is 2. The van der Waals surface area contributed by atoms with Gasteiger partial charge in [0, 0.05) is 19.5 Å². The van der Waals surface area contributed by atoms with Crippen LogP contribution in [-0.4, -0.2) is 35.8 Å². The Labute approximate surface area is 141 Å². The summed E-state index contributed by atoms with van der Waals surface area (Å²) in [6.07, 6.45) is 3.75. The predicted molar refractivity (Wildman–Crippen MR) is 90.7 cm³/mol. The molecule has 5 heteroatoms. The normalized spacial score (nSPS) is 17.3. The number of aryl methyl sites for hydroxylation is 2. The number of furan rings is 1. The zero-order chi connectivity index (χ0) is 16.9. The minimum absolute atomic E-state index is 0.109. The highest BCUT2D eigenvalue weighted by Gasteiger charge is 2.30. The van der Waals surface area contributed by atoms with Gasteiger partial charge in [-0.3, -0.25) is 9.59 Å². The summed E-state index contributed by atoms with van der Waals surface area (Å²) in [5.74, 6) is 0.527. The van der Waals surface area contributed by atoms with Gasteiger partial charge in [-0.15, -0.1) is 0 Å². The number of amides is 2. The molecule has 0 bridgehead atoms. The molecule has 0 spiro atoms. The van der Waals surface area contributed by atoms with Gasteiger partial charge >= 0.3 is 0 Å². The van der Waals surface area contributed by atoms with Crippen molar-refractivity contribution in [2.75, 3.05) is 13.1 Å². The van der Waals surface area contributed by atoms with Crippen LogP contribution in [0.1, 0.15) is 34.5 Å². The molecule has 5 nitrogen and oxygen atoms in total. The van der Waals surface area contributed by atoms with E-state index in [9.17, 15) is 9.59 Å². The van der Waals surface area contributed by atoms with E-state index in [-0.39, 0.29) is 17.9 Å². The molecule has 2 heterocycles. The van der Waals surface area contributed by atoms with E-state index in [0.29, 0.717) is 24.3 Å². The first-order valence-electron chi connectivity index (χ1n) is 8.30. The van der Waals surface area contributed by atoms with Gasteiger partial charge in [-0.1, -0.05) is 30.3 Å². The van der Waals surface area contributed by atoms with Crippen molar-refractivity contribution in [3.05, 3.63) is 59.5 Å². The van der Waals surface area contributed by atoms with Crippen molar-refractivity contribution in [1.29, 1.82) is 0 Å². The zero-order valence-electron chi connectivity index (χ0n) is 13.8. The first-order valence-corrected chi connectivity index (χ1v) is 8.30. The molecule has 1 N–H and O–H groups in total. The van der Waals surface area contributed by atoms with Gasteiger partial charge in [0.15, 0.2) is 0 Å². The van der Waals surface area contributed by atoms with Crippen LogP contribution in [0.3, 0.4) is 0 Å². The Bertz CT molecular complexity index is 708. The van der Waals surface area contributed by atoms with Crippen molar-refractivity contribution in [1.82, 2.24) is 10.2 Å². The Hall–Kier alpha value is -2.56. The molecule has 1 aliphatic rings. The Balaban J connectivity index is 1.47. The van der Waals surface area contributed by atoms with Gasteiger partial charge in [0.1, 0.15) is 5.76 Å². The molecular weight excluding hydrogens is 304 g/mol. The minimum atomic E-state index is -0.176. The van der Waals surface area contributed by atoms with E-state index >= 15 is 0 Å². The number of benzene rings is 1. The quantitative estimate of drug-likeness (QED) is 0.887. The smallest absolute Gasteiger partial charge is 0.255 e. The molecule has 1 aliphatic heterocycles. The van der Waals surface area contributed by atoms with Crippen molar-refractivity contribution in [2.45, 2.75) is 32.2 Å². The number of carbonyl (C=O) groups is 2. The molecule has 0 saturated carbocycles. The molecule has 0 radical (unpaired) electrons. The van der Waals surface area contributed by atoms with Crippen LogP contribution in [0, 0.1) is 6.92 Å². The van der Waals surface area contributed by atoms with Gasteiger partial charge in [0.05, 0.1) is 17.9 Å². The second kappa shape index (κ2) is 7.34. The maximum atomic E-state index is 12.2.